The maximum atomic E-state index is 11.6. The van der Waals surface area contributed by atoms with E-state index in [2.05, 4.69) is 24.3 Å². The van der Waals surface area contributed by atoms with Crippen molar-refractivity contribution in [2.45, 2.75) is 18.8 Å². The number of carbonyl (C=O) groups is 1. The summed E-state index contributed by atoms with van der Waals surface area (Å²) in [5.74, 6) is 0.000772. The summed E-state index contributed by atoms with van der Waals surface area (Å²) < 4.78 is 4.80. The average Bonchev–Trinajstić information content (AvgIpc) is 2.48. The Hall–Kier alpha value is -2.09. The quantitative estimate of drug-likeness (QED) is 0.762. The van der Waals surface area contributed by atoms with Gasteiger partial charge in [0.05, 0.1) is 13.5 Å². The van der Waals surface area contributed by atoms with Gasteiger partial charge in [-0.15, -0.1) is 0 Å². The summed E-state index contributed by atoms with van der Waals surface area (Å²) in [7, 11) is 1.44. The normalized spacial score (nSPS) is 11.8. The Bertz CT molecular complexity index is 505. The van der Waals surface area contributed by atoms with Crippen molar-refractivity contribution in [2.24, 2.45) is 0 Å². The maximum absolute atomic E-state index is 11.6. The van der Waals surface area contributed by atoms with Crippen LogP contribution in [-0.4, -0.2) is 13.1 Å². The maximum Gasteiger partial charge on any atom is 0.306 e. The van der Waals surface area contributed by atoms with E-state index in [1.165, 1.54) is 18.2 Å². The van der Waals surface area contributed by atoms with Crippen molar-refractivity contribution in [1.29, 1.82) is 0 Å². The minimum Gasteiger partial charge on any atom is -0.469 e. The Morgan fingerprint density at radius 2 is 1.58 bits per heavy atom. The van der Waals surface area contributed by atoms with E-state index in [0.29, 0.717) is 6.42 Å². The van der Waals surface area contributed by atoms with Crippen LogP contribution in [0.15, 0.2) is 60.7 Å². The Kier molecular flexibility index (Phi) is 4.73. The molecule has 0 heterocycles. The van der Waals surface area contributed by atoms with E-state index in [0.717, 1.165) is 6.42 Å². The van der Waals surface area contributed by atoms with Crippen molar-refractivity contribution in [3.05, 3.63) is 71.8 Å². The molecule has 0 aliphatic rings. The largest absolute Gasteiger partial charge is 0.469 e. The lowest BCUT2D eigenvalue weighted by Crippen LogP contribution is -2.11. The van der Waals surface area contributed by atoms with E-state index in [9.17, 15) is 4.79 Å². The lowest BCUT2D eigenvalue weighted by molar-refractivity contribution is -0.141. The van der Waals surface area contributed by atoms with Crippen molar-refractivity contribution in [1.82, 2.24) is 0 Å². The number of hydrogen-bond acceptors (Lipinski definition) is 2. The second-order valence-corrected chi connectivity index (χ2v) is 4.58. The first-order valence-corrected chi connectivity index (χ1v) is 6.45. The van der Waals surface area contributed by atoms with Gasteiger partial charge in [0.15, 0.2) is 0 Å². The van der Waals surface area contributed by atoms with Gasteiger partial charge in [-0.1, -0.05) is 60.7 Å². The lowest BCUT2D eigenvalue weighted by atomic mass is 9.89. The number of rotatable bonds is 5. The van der Waals surface area contributed by atoms with Crippen LogP contribution in [0.2, 0.25) is 0 Å². The highest BCUT2D eigenvalue weighted by molar-refractivity contribution is 5.70. The van der Waals surface area contributed by atoms with E-state index in [1.54, 1.807) is 0 Å². The molecule has 2 aromatic rings. The zero-order valence-electron chi connectivity index (χ0n) is 11.1. The van der Waals surface area contributed by atoms with E-state index >= 15 is 0 Å². The molecule has 1 atom stereocenters. The molecule has 19 heavy (non-hydrogen) atoms. The highest BCUT2D eigenvalue weighted by Gasteiger charge is 2.16. The fourth-order valence-electron chi connectivity index (χ4n) is 2.22. The summed E-state index contributed by atoms with van der Waals surface area (Å²) in [4.78, 5) is 11.6. The second-order valence-electron chi connectivity index (χ2n) is 4.58. The van der Waals surface area contributed by atoms with E-state index in [4.69, 9.17) is 4.74 Å². The van der Waals surface area contributed by atoms with E-state index < -0.39 is 0 Å². The highest BCUT2D eigenvalue weighted by atomic mass is 16.5. The standard InChI is InChI=1S/C17H18O2/c1-19-17(18)13-16(15-10-6-3-7-11-15)12-14-8-4-2-5-9-14/h2-11,16H,12-13H2,1H3/t16-/m0/s1. The number of ether oxygens (including phenoxy) is 1. The monoisotopic (exact) mass is 254 g/mol. The lowest BCUT2D eigenvalue weighted by Gasteiger charge is -2.16. The summed E-state index contributed by atoms with van der Waals surface area (Å²) in [6, 6.07) is 20.4. The van der Waals surface area contributed by atoms with Gasteiger partial charge >= 0.3 is 5.97 Å². The van der Waals surface area contributed by atoms with Gasteiger partial charge in [-0.25, -0.2) is 0 Å². The molecule has 0 aromatic heterocycles. The van der Waals surface area contributed by atoms with Crippen molar-refractivity contribution < 1.29 is 9.53 Å². The molecule has 2 nitrogen and oxygen atoms in total. The summed E-state index contributed by atoms with van der Waals surface area (Å²) >= 11 is 0. The first kappa shape index (κ1) is 13.3. The summed E-state index contributed by atoms with van der Waals surface area (Å²) in [5.41, 5.74) is 2.41. The number of esters is 1. The van der Waals surface area contributed by atoms with Crippen LogP contribution in [0.4, 0.5) is 0 Å². The van der Waals surface area contributed by atoms with Crippen molar-refractivity contribution >= 4 is 5.97 Å². The Balaban J connectivity index is 2.17. The fraction of sp³-hybridized carbons (Fsp3) is 0.235. The minimum absolute atomic E-state index is 0.162. The van der Waals surface area contributed by atoms with Crippen LogP contribution in [0, 0.1) is 0 Å². The molecule has 98 valence electrons. The van der Waals surface area contributed by atoms with Crippen LogP contribution >= 0.6 is 0 Å². The van der Waals surface area contributed by atoms with E-state index in [-0.39, 0.29) is 11.9 Å². The van der Waals surface area contributed by atoms with Crippen LogP contribution in [0.5, 0.6) is 0 Å². The SMILES string of the molecule is COC(=O)C[C@H](Cc1ccccc1)c1ccccc1. The van der Waals surface area contributed by atoms with Crippen LogP contribution in [0.25, 0.3) is 0 Å². The minimum atomic E-state index is -0.162. The predicted octanol–water partition coefficient (Wildman–Crippen LogP) is 3.58. The third kappa shape index (κ3) is 3.95. The molecule has 0 spiro atoms. The van der Waals surface area contributed by atoms with Gasteiger partial charge < -0.3 is 4.74 Å². The molecule has 2 rings (SSSR count). The zero-order valence-corrected chi connectivity index (χ0v) is 11.1. The molecule has 0 radical (unpaired) electrons. The predicted molar refractivity (Wildman–Crippen MR) is 76.0 cm³/mol. The number of methoxy groups -OCH3 is 1. The molecule has 0 aliphatic heterocycles. The molecule has 0 fully saturated rings. The topological polar surface area (TPSA) is 26.3 Å². The van der Waals surface area contributed by atoms with Gasteiger partial charge in [-0.3, -0.25) is 4.79 Å². The molecule has 0 N–H and O–H groups in total. The van der Waals surface area contributed by atoms with Crippen LogP contribution in [0.1, 0.15) is 23.5 Å². The summed E-state index contributed by atoms with van der Waals surface area (Å²) in [6.07, 6.45) is 1.26. The smallest absolute Gasteiger partial charge is 0.306 e. The molecule has 2 aromatic carbocycles. The summed E-state index contributed by atoms with van der Waals surface area (Å²) in [6.45, 7) is 0. The average molecular weight is 254 g/mol. The molecule has 0 aliphatic carbocycles. The first-order valence-electron chi connectivity index (χ1n) is 6.45. The molecule has 0 bridgehead atoms. The highest BCUT2D eigenvalue weighted by Crippen LogP contribution is 2.24. The first-order chi connectivity index (χ1) is 9.29. The number of benzene rings is 2. The Morgan fingerprint density at radius 1 is 1.00 bits per heavy atom. The number of carbonyl (C=O) groups excluding carboxylic acids is 1. The van der Waals surface area contributed by atoms with Crippen molar-refractivity contribution in [3.63, 3.8) is 0 Å². The van der Waals surface area contributed by atoms with Gasteiger partial charge in [0.2, 0.25) is 0 Å². The molecule has 0 amide bonds. The van der Waals surface area contributed by atoms with Gasteiger partial charge in [0, 0.05) is 0 Å². The molecular weight excluding hydrogens is 236 g/mol. The van der Waals surface area contributed by atoms with Crippen LogP contribution in [0.3, 0.4) is 0 Å². The molecule has 0 saturated heterocycles. The van der Waals surface area contributed by atoms with Gasteiger partial charge in [0.25, 0.3) is 0 Å². The van der Waals surface area contributed by atoms with Gasteiger partial charge in [-0.05, 0) is 23.5 Å². The Labute approximate surface area is 114 Å². The zero-order chi connectivity index (χ0) is 13.5. The second kappa shape index (κ2) is 6.74. The molecular formula is C17H18O2. The van der Waals surface area contributed by atoms with Gasteiger partial charge in [0.1, 0.15) is 0 Å². The van der Waals surface area contributed by atoms with Crippen LogP contribution in [-0.2, 0) is 16.0 Å². The van der Waals surface area contributed by atoms with Crippen molar-refractivity contribution in [3.8, 4) is 0 Å². The van der Waals surface area contributed by atoms with Crippen molar-refractivity contribution in [2.75, 3.05) is 7.11 Å². The molecule has 2 heteroatoms. The third-order valence-electron chi connectivity index (χ3n) is 3.24. The van der Waals surface area contributed by atoms with Gasteiger partial charge in [-0.2, -0.15) is 0 Å². The van der Waals surface area contributed by atoms with Crippen LogP contribution < -0.4 is 0 Å². The number of hydrogen-bond donors (Lipinski definition) is 0. The van der Waals surface area contributed by atoms with E-state index in [1.807, 2.05) is 36.4 Å². The molecule has 0 saturated carbocycles. The summed E-state index contributed by atoms with van der Waals surface area (Å²) in [5, 5.41) is 0. The fourth-order valence-corrected chi connectivity index (χ4v) is 2.22. The third-order valence-corrected chi connectivity index (χ3v) is 3.24. The Morgan fingerprint density at radius 3 is 2.16 bits per heavy atom. The molecule has 0 unspecified atom stereocenters.